The maximum atomic E-state index is 12.5. The van der Waals surface area contributed by atoms with Crippen LogP contribution in [0.4, 0.5) is 0 Å². The van der Waals surface area contributed by atoms with Crippen LogP contribution in [0.5, 0.6) is 17.4 Å². The number of hydrogen-bond donors (Lipinski definition) is 2. The second kappa shape index (κ2) is 8.27. The van der Waals surface area contributed by atoms with E-state index in [9.17, 15) is 19.5 Å². The number of allylic oxidation sites excluding steroid dienone is 1. The highest BCUT2D eigenvalue weighted by molar-refractivity contribution is 6.04. The van der Waals surface area contributed by atoms with Crippen molar-refractivity contribution in [2.24, 2.45) is 5.10 Å². The van der Waals surface area contributed by atoms with E-state index < -0.39 is 23.2 Å². The zero-order chi connectivity index (χ0) is 22.0. The van der Waals surface area contributed by atoms with Crippen LogP contribution in [-0.4, -0.2) is 45.5 Å². The predicted octanol–water partition coefficient (Wildman–Crippen LogP) is 1.14. The number of hydrazone groups is 1. The molecule has 1 aliphatic heterocycles. The molecule has 0 unspecified atom stereocenters. The van der Waals surface area contributed by atoms with Gasteiger partial charge >= 0.3 is 5.69 Å². The van der Waals surface area contributed by atoms with Crippen molar-refractivity contribution < 1.29 is 19.4 Å². The molecule has 1 atom stereocenters. The lowest BCUT2D eigenvalue weighted by atomic mass is 9.98. The van der Waals surface area contributed by atoms with Crippen LogP contribution in [0.3, 0.4) is 0 Å². The van der Waals surface area contributed by atoms with Gasteiger partial charge < -0.3 is 14.6 Å². The molecule has 0 fully saturated rings. The number of ether oxygens (including phenoxy) is 2. The van der Waals surface area contributed by atoms with Crippen molar-refractivity contribution in [2.45, 2.75) is 25.9 Å². The number of rotatable bonds is 6. The van der Waals surface area contributed by atoms with Gasteiger partial charge in [-0.15, -0.1) is 6.58 Å². The number of aromatic hydroxyl groups is 1. The first-order valence-electron chi connectivity index (χ1n) is 9.08. The Labute approximate surface area is 171 Å². The van der Waals surface area contributed by atoms with Gasteiger partial charge in [0.1, 0.15) is 17.1 Å². The van der Waals surface area contributed by atoms with E-state index in [0.717, 1.165) is 4.57 Å². The molecule has 2 heterocycles. The van der Waals surface area contributed by atoms with Crippen LogP contribution in [0.25, 0.3) is 0 Å². The molecule has 1 aromatic heterocycles. The third-order valence-electron chi connectivity index (χ3n) is 4.80. The minimum absolute atomic E-state index is 0.00607. The zero-order valence-corrected chi connectivity index (χ0v) is 16.8. The van der Waals surface area contributed by atoms with Crippen LogP contribution < -0.4 is 20.7 Å². The van der Waals surface area contributed by atoms with Crippen LogP contribution in [0.2, 0.25) is 0 Å². The molecule has 2 N–H and O–H groups in total. The minimum Gasteiger partial charge on any atom is -0.497 e. The summed E-state index contributed by atoms with van der Waals surface area (Å²) in [5.74, 6) is 0.169. The van der Waals surface area contributed by atoms with Crippen molar-refractivity contribution >= 4 is 11.6 Å². The second-order valence-corrected chi connectivity index (χ2v) is 6.60. The molecule has 0 saturated carbocycles. The monoisotopic (exact) mass is 414 g/mol. The van der Waals surface area contributed by atoms with Crippen molar-refractivity contribution in [2.75, 3.05) is 14.2 Å². The Balaban J connectivity index is 2.11. The van der Waals surface area contributed by atoms with E-state index in [0.29, 0.717) is 17.1 Å². The number of nitrogens with one attached hydrogen (secondary N) is 1. The van der Waals surface area contributed by atoms with Gasteiger partial charge in [0, 0.05) is 31.5 Å². The fourth-order valence-corrected chi connectivity index (χ4v) is 3.41. The van der Waals surface area contributed by atoms with Gasteiger partial charge in [-0.3, -0.25) is 19.1 Å². The first kappa shape index (κ1) is 20.9. The maximum Gasteiger partial charge on any atom is 0.331 e. The minimum atomic E-state index is -0.789. The van der Waals surface area contributed by atoms with Crippen LogP contribution in [0, 0.1) is 0 Å². The smallest absolute Gasteiger partial charge is 0.331 e. The summed E-state index contributed by atoms with van der Waals surface area (Å²) in [5, 5.41) is 16.1. The Hall–Kier alpha value is -3.82. The van der Waals surface area contributed by atoms with Gasteiger partial charge in [0.05, 0.1) is 26.0 Å². The number of benzene rings is 1. The Morgan fingerprint density at radius 3 is 2.70 bits per heavy atom. The fourth-order valence-electron chi connectivity index (χ4n) is 3.41. The average molecular weight is 414 g/mol. The van der Waals surface area contributed by atoms with Crippen LogP contribution >= 0.6 is 0 Å². The lowest BCUT2D eigenvalue weighted by Crippen LogP contribution is -2.33. The first-order chi connectivity index (χ1) is 14.3. The number of hydrogen-bond acceptors (Lipinski definition) is 7. The summed E-state index contributed by atoms with van der Waals surface area (Å²) in [6.45, 7) is 4.88. The van der Waals surface area contributed by atoms with Crippen molar-refractivity contribution in [1.29, 1.82) is 0 Å². The van der Waals surface area contributed by atoms with Crippen LogP contribution in [0.15, 0.2) is 45.5 Å². The van der Waals surface area contributed by atoms with Gasteiger partial charge in [-0.25, -0.2) is 9.80 Å². The molecule has 1 aromatic carbocycles. The molecule has 30 heavy (non-hydrogen) atoms. The van der Waals surface area contributed by atoms with E-state index in [1.807, 2.05) is 0 Å². The summed E-state index contributed by atoms with van der Waals surface area (Å²) >= 11 is 0. The molecule has 1 aliphatic rings. The Morgan fingerprint density at radius 1 is 1.37 bits per heavy atom. The molecule has 1 amide bonds. The largest absolute Gasteiger partial charge is 0.497 e. The maximum absolute atomic E-state index is 12.5. The first-order valence-corrected chi connectivity index (χ1v) is 9.08. The highest BCUT2D eigenvalue weighted by Gasteiger charge is 2.36. The molecule has 0 saturated heterocycles. The average Bonchev–Trinajstić information content (AvgIpc) is 3.15. The number of carbonyl (C=O) groups excluding carboxylic acids is 1. The fraction of sp³-hybridized carbons (Fsp3) is 0.300. The van der Waals surface area contributed by atoms with Crippen molar-refractivity contribution in [3.05, 3.63) is 62.8 Å². The van der Waals surface area contributed by atoms with Gasteiger partial charge in [-0.1, -0.05) is 6.08 Å². The summed E-state index contributed by atoms with van der Waals surface area (Å²) < 4.78 is 11.6. The summed E-state index contributed by atoms with van der Waals surface area (Å²) in [7, 11) is 3.02. The lowest BCUT2D eigenvalue weighted by molar-refractivity contribution is -0.130. The topological polar surface area (TPSA) is 126 Å². The number of nitrogens with zero attached hydrogens (tertiary/aromatic N) is 3. The summed E-state index contributed by atoms with van der Waals surface area (Å²) in [6.07, 6.45) is 1.54. The molecule has 10 heteroatoms. The highest BCUT2D eigenvalue weighted by Crippen LogP contribution is 2.39. The Kier molecular flexibility index (Phi) is 5.77. The van der Waals surface area contributed by atoms with Gasteiger partial charge in [0.2, 0.25) is 11.8 Å². The SMILES string of the molecule is C=CCn1c(O)c(C2=NN(C(C)=O)[C@H](c3ccc(OC)cc3OC)C2)c(=O)[nH]c1=O. The van der Waals surface area contributed by atoms with Crippen molar-refractivity contribution in [3.8, 4) is 17.4 Å². The molecule has 3 rings (SSSR count). The quantitative estimate of drug-likeness (QED) is 0.683. The molecule has 2 aromatic rings. The van der Waals surface area contributed by atoms with Gasteiger partial charge in [-0.05, 0) is 12.1 Å². The number of aromatic nitrogens is 2. The van der Waals surface area contributed by atoms with Gasteiger partial charge in [0.15, 0.2) is 0 Å². The molecular weight excluding hydrogens is 392 g/mol. The molecule has 0 spiro atoms. The number of H-pyrrole nitrogens is 1. The van der Waals surface area contributed by atoms with E-state index in [2.05, 4.69) is 16.7 Å². The zero-order valence-electron chi connectivity index (χ0n) is 16.8. The van der Waals surface area contributed by atoms with E-state index >= 15 is 0 Å². The summed E-state index contributed by atoms with van der Waals surface area (Å²) in [4.78, 5) is 38.9. The Bertz CT molecular complexity index is 1150. The normalized spacial score (nSPS) is 15.6. The lowest BCUT2D eigenvalue weighted by Gasteiger charge is -2.22. The Morgan fingerprint density at radius 2 is 2.10 bits per heavy atom. The highest BCUT2D eigenvalue weighted by atomic mass is 16.5. The van der Waals surface area contributed by atoms with E-state index in [1.54, 1.807) is 18.2 Å². The molecule has 0 aliphatic carbocycles. The molecular formula is C20H22N4O6. The number of carbonyl (C=O) groups is 1. The molecule has 10 nitrogen and oxygen atoms in total. The number of aromatic amines is 1. The standard InChI is InChI=1S/C20H22N4O6/c1-5-8-23-19(27)17(18(26)21-20(23)28)14-10-15(24(22-14)11(2)25)13-7-6-12(29-3)9-16(13)30-4/h5-7,9,15,27H,1,8,10H2,2-4H3,(H,21,26,28)/t15-/m0/s1. The second-order valence-electron chi connectivity index (χ2n) is 6.60. The predicted molar refractivity (Wildman–Crippen MR) is 109 cm³/mol. The number of amides is 1. The third-order valence-corrected chi connectivity index (χ3v) is 4.80. The molecule has 158 valence electrons. The molecule has 0 radical (unpaired) electrons. The van der Waals surface area contributed by atoms with E-state index in [4.69, 9.17) is 9.47 Å². The summed E-state index contributed by atoms with van der Waals surface area (Å²) in [5.41, 5.74) is -0.899. The van der Waals surface area contributed by atoms with E-state index in [-0.39, 0.29) is 30.1 Å². The van der Waals surface area contributed by atoms with Crippen molar-refractivity contribution in [1.82, 2.24) is 14.6 Å². The summed E-state index contributed by atoms with van der Waals surface area (Å²) in [6, 6.07) is 4.58. The number of methoxy groups -OCH3 is 2. The van der Waals surface area contributed by atoms with E-state index in [1.165, 1.54) is 32.2 Å². The van der Waals surface area contributed by atoms with Crippen LogP contribution in [-0.2, 0) is 11.3 Å². The van der Waals surface area contributed by atoms with Gasteiger partial charge in [-0.2, -0.15) is 5.10 Å². The molecule has 0 bridgehead atoms. The van der Waals surface area contributed by atoms with Crippen molar-refractivity contribution in [3.63, 3.8) is 0 Å². The van der Waals surface area contributed by atoms with Gasteiger partial charge in [0.25, 0.3) is 5.56 Å². The third kappa shape index (κ3) is 3.59. The van der Waals surface area contributed by atoms with Crippen LogP contribution in [0.1, 0.15) is 30.5 Å².